The maximum Gasteiger partial charge on any atom is 0.316 e. The number of phenols is 2. The lowest BCUT2D eigenvalue weighted by Crippen LogP contribution is -2.30. The Bertz CT molecular complexity index is 800. The van der Waals surface area contributed by atoms with E-state index in [0.717, 1.165) is 0 Å². The first-order chi connectivity index (χ1) is 11.0. The van der Waals surface area contributed by atoms with E-state index < -0.39 is 17.0 Å². The van der Waals surface area contributed by atoms with Crippen molar-refractivity contribution in [2.24, 2.45) is 5.41 Å². The van der Waals surface area contributed by atoms with Crippen LogP contribution in [0.3, 0.4) is 0 Å². The molecule has 1 heterocycles. The predicted molar refractivity (Wildman–Crippen MR) is 88.3 cm³/mol. The van der Waals surface area contributed by atoms with Crippen molar-refractivity contribution in [3.05, 3.63) is 34.4 Å². The molecule has 0 saturated carbocycles. The normalized spacial score (nSPS) is 25.0. The Morgan fingerprint density at radius 3 is 2.33 bits per heavy atom. The lowest BCUT2D eigenvalue weighted by atomic mass is 9.77. The molecule has 0 amide bonds. The van der Waals surface area contributed by atoms with Gasteiger partial charge in [-0.05, 0) is 44.4 Å². The number of ether oxygens (including phenoxy) is 1. The average molecular weight is 330 g/mol. The van der Waals surface area contributed by atoms with E-state index in [-0.39, 0.29) is 29.6 Å². The van der Waals surface area contributed by atoms with Gasteiger partial charge in [-0.1, -0.05) is 13.8 Å². The molecule has 2 N–H and O–H groups in total. The Morgan fingerprint density at radius 1 is 1.12 bits per heavy atom. The predicted octanol–water partition coefficient (Wildman–Crippen LogP) is 3.23. The van der Waals surface area contributed by atoms with Crippen LogP contribution in [0.4, 0.5) is 0 Å². The lowest BCUT2D eigenvalue weighted by Gasteiger charge is -2.26. The minimum absolute atomic E-state index is 0.0470. The number of aromatic hydroxyl groups is 2. The largest absolute Gasteiger partial charge is 0.504 e. The molecule has 128 valence electrons. The SMILES string of the molecule is CC(C)c1cc2c(c(O)c1O)C[C@@]1(C)OC(=O)C(C)(C)C1=CC2=O. The summed E-state index contributed by atoms with van der Waals surface area (Å²) < 4.78 is 5.57. The molecule has 1 atom stereocenters. The van der Waals surface area contributed by atoms with E-state index in [4.69, 9.17) is 4.74 Å². The number of phenolic OH excluding ortho intramolecular Hbond substituents is 2. The van der Waals surface area contributed by atoms with E-state index in [9.17, 15) is 19.8 Å². The summed E-state index contributed by atoms with van der Waals surface area (Å²) >= 11 is 0. The third kappa shape index (κ3) is 2.07. The summed E-state index contributed by atoms with van der Waals surface area (Å²) in [5, 5.41) is 20.8. The Kier molecular flexibility index (Phi) is 3.35. The lowest BCUT2D eigenvalue weighted by molar-refractivity contribution is -0.152. The fourth-order valence-corrected chi connectivity index (χ4v) is 3.73. The molecule has 3 rings (SSSR count). The monoisotopic (exact) mass is 330 g/mol. The zero-order valence-electron chi connectivity index (χ0n) is 14.6. The number of rotatable bonds is 1. The first-order valence-corrected chi connectivity index (χ1v) is 8.07. The number of fused-ring (bicyclic) bond motifs is 2. The Morgan fingerprint density at radius 2 is 1.75 bits per heavy atom. The molecule has 1 aromatic rings. The summed E-state index contributed by atoms with van der Waals surface area (Å²) in [7, 11) is 0. The molecular formula is C19H22O5. The second-order valence-electron chi connectivity index (χ2n) is 7.69. The van der Waals surface area contributed by atoms with E-state index in [2.05, 4.69) is 0 Å². The molecular weight excluding hydrogens is 308 g/mol. The van der Waals surface area contributed by atoms with Gasteiger partial charge in [0, 0.05) is 23.1 Å². The zero-order valence-corrected chi connectivity index (χ0v) is 14.6. The molecule has 0 bridgehead atoms. The van der Waals surface area contributed by atoms with E-state index in [0.29, 0.717) is 22.3 Å². The van der Waals surface area contributed by atoms with Gasteiger partial charge in [-0.15, -0.1) is 0 Å². The molecule has 0 radical (unpaired) electrons. The zero-order chi connectivity index (χ0) is 18.0. The molecule has 0 unspecified atom stereocenters. The van der Waals surface area contributed by atoms with Gasteiger partial charge in [0.1, 0.15) is 5.60 Å². The quantitative estimate of drug-likeness (QED) is 0.610. The van der Waals surface area contributed by atoms with Crippen LogP contribution in [0.1, 0.15) is 62.0 Å². The third-order valence-corrected chi connectivity index (χ3v) is 5.16. The first kappa shape index (κ1) is 16.6. The highest BCUT2D eigenvalue weighted by molar-refractivity contribution is 6.09. The molecule has 0 spiro atoms. The number of hydrogen-bond donors (Lipinski definition) is 2. The van der Waals surface area contributed by atoms with Crippen molar-refractivity contribution in [1.29, 1.82) is 0 Å². The number of carbonyl (C=O) groups excluding carboxylic acids is 2. The van der Waals surface area contributed by atoms with Gasteiger partial charge in [-0.3, -0.25) is 9.59 Å². The Hall–Kier alpha value is -2.30. The fourth-order valence-electron chi connectivity index (χ4n) is 3.73. The highest BCUT2D eigenvalue weighted by Gasteiger charge is 2.55. The second kappa shape index (κ2) is 4.85. The van der Waals surface area contributed by atoms with Crippen LogP contribution in [0.5, 0.6) is 11.5 Å². The molecule has 1 fully saturated rings. The highest BCUT2D eigenvalue weighted by atomic mass is 16.6. The molecule has 2 aliphatic rings. The number of hydrogen-bond acceptors (Lipinski definition) is 5. The number of esters is 1. The van der Waals surface area contributed by atoms with E-state index in [1.165, 1.54) is 6.08 Å². The van der Waals surface area contributed by atoms with Crippen molar-refractivity contribution in [1.82, 2.24) is 0 Å². The summed E-state index contributed by atoms with van der Waals surface area (Å²) in [5.41, 5.74) is -0.113. The van der Waals surface area contributed by atoms with Crippen LogP contribution in [0.15, 0.2) is 17.7 Å². The third-order valence-electron chi connectivity index (χ3n) is 5.16. The van der Waals surface area contributed by atoms with Gasteiger partial charge in [0.05, 0.1) is 5.41 Å². The minimum Gasteiger partial charge on any atom is -0.504 e. The molecule has 24 heavy (non-hydrogen) atoms. The van der Waals surface area contributed by atoms with Gasteiger partial charge in [0.25, 0.3) is 0 Å². The van der Waals surface area contributed by atoms with Crippen LogP contribution in [-0.4, -0.2) is 27.6 Å². The van der Waals surface area contributed by atoms with Gasteiger partial charge >= 0.3 is 5.97 Å². The molecule has 0 aromatic heterocycles. The van der Waals surface area contributed by atoms with Crippen molar-refractivity contribution in [2.45, 2.75) is 52.6 Å². The maximum absolute atomic E-state index is 12.8. The Balaban J connectivity index is 2.27. The van der Waals surface area contributed by atoms with Gasteiger partial charge in [-0.25, -0.2) is 0 Å². The number of carbonyl (C=O) groups is 2. The minimum atomic E-state index is -1.01. The van der Waals surface area contributed by atoms with E-state index in [1.807, 2.05) is 13.8 Å². The van der Waals surface area contributed by atoms with Crippen molar-refractivity contribution in [3.63, 3.8) is 0 Å². The summed E-state index contributed by atoms with van der Waals surface area (Å²) in [4.78, 5) is 25.0. The first-order valence-electron chi connectivity index (χ1n) is 8.07. The number of ketones is 1. The van der Waals surface area contributed by atoms with Crippen LogP contribution in [-0.2, 0) is 16.0 Å². The van der Waals surface area contributed by atoms with E-state index in [1.54, 1.807) is 26.8 Å². The van der Waals surface area contributed by atoms with Crippen molar-refractivity contribution in [3.8, 4) is 11.5 Å². The van der Waals surface area contributed by atoms with Gasteiger partial charge in [-0.2, -0.15) is 0 Å². The van der Waals surface area contributed by atoms with Crippen LogP contribution in [0.25, 0.3) is 0 Å². The van der Waals surface area contributed by atoms with Crippen molar-refractivity contribution < 1.29 is 24.5 Å². The Labute approximate surface area is 140 Å². The molecule has 1 aliphatic carbocycles. The molecule has 1 saturated heterocycles. The average Bonchev–Trinajstić information content (AvgIpc) is 2.57. The van der Waals surface area contributed by atoms with Crippen LogP contribution < -0.4 is 0 Å². The number of allylic oxidation sites excluding steroid dienone is 1. The molecule has 5 heteroatoms. The maximum atomic E-state index is 12.8. The molecule has 5 nitrogen and oxygen atoms in total. The fraction of sp³-hybridized carbons (Fsp3) is 0.474. The smallest absolute Gasteiger partial charge is 0.316 e. The summed E-state index contributed by atoms with van der Waals surface area (Å²) in [6.07, 6.45) is 1.60. The van der Waals surface area contributed by atoms with Crippen LogP contribution in [0, 0.1) is 5.41 Å². The summed E-state index contributed by atoms with van der Waals surface area (Å²) in [5.74, 6) is -1.25. The van der Waals surface area contributed by atoms with Gasteiger partial charge < -0.3 is 14.9 Å². The second-order valence-corrected chi connectivity index (χ2v) is 7.69. The number of benzene rings is 1. The topological polar surface area (TPSA) is 83.8 Å². The van der Waals surface area contributed by atoms with Crippen LogP contribution >= 0.6 is 0 Å². The van der Waals surface area contributed by atoms with Crippen molar-refractivity contribution in [2.75, 3.05) is 0 Å². The standard InChI is InChI=1S/C19H22O5/c1-9(2)10-6-11-12(16(22)15(10)21)8-19(5)14(7-13(11)20)18(3,4)17(23)24-19/h6-7,9,21-22H,8H2,1-5H3/t19-/m1/s1. The molecule has 1 aromatic carbocycles. The van der Waals surface area contributed by atoms with Crippen molar-refractivity contribution >= 4 is 11.8 Å². The van der Waals surface area contributed by atoms with E-state index >= 15 is 0 Å². The summed E-state index contributed by atoms with van der Waals surface area (Å²) in [6.45, 7) is 8.95. The summed E-state index contributed by atoms with van der Waals surface area (Å²) in [6, 6.07) is 1.63. The van der Waals surface area contributed by atoms with Crippen LogP contribution in [0.2, 0.25) is 0 Å². The van der Waals surface area contributed by atoms with Gasteiger partial charge in [0.15, 0.2) is 17.3 Å². The molecule has 1 aliphatic heterocycles. The highest BCUT2D eigenvalue weighted by Crippen LogP contribution is 2.51. The van der Waals surface area contributed by atoms with Gasteiger partial charge in [0.2, 0.25) is 0 Å².